The number of carbonyl (C=O) groups excluding carboxylic acids is 1. The fraction of sp³-hybridized carbons (Fsp3) is 0.417. The van der Waals surface area contributed by atoms with E-state index >= 15 is 0 Å². The van der Waals surface area contributed by atoms with Crippen LogP contribution in [0.1, 0.15) is 31.9 Å². The summed E-state index contributed by atoms with van der Waals surface area (Å²) in [6.45, 7) is 8.47. The molecule has 4 rings (SSSR count). The third-order valence-corrected chi connectivity index (χ3v) is 6.07. The molecule has 6 heteroatoms. The van der Waals surface area contributed by atoms with E-state index in [-0.39, 0.29) is 5.91 Å². The molecule has 2 aromatic rings. The average Bonchev–Trinajstić information content (AvgIpc) is 3.08. The Bertz CT molecular complexity index is 1070. The summed E-state index contributed by atoms with van der Waals surface area (Å²) in [5.74, 6) is 1.01. The number of anilines is 1. The molecule has 0 aromatic carbocycles. The van der Waals surface area contributed by atoms with Crippen LogP contribution in [-0.2, 0) is 4.79 Å². The summed E-state index contributed by atoms with van der Waals surface area (Å²) in [7, 11) is 3.85. The van der Waals surface area contributed by atoms with Gasteiger partial charge < -0.3 is 19.7 Å². The zero-order valence-corrected chi connectivity index (χ0v) is 18.4. The highest BCUT2D eigenvalue weighted by molar-refractivity contribution is 6.14. The van der Waals surface area contributed by atoms with Gasteiger partial charge in [0.2, 0.25) is 5.91 Å². The minimum atomic E-state index is -0.0211. The van der Waals surface area contributed by atoms with E-state index in [2.05, 4.69) is 77.1 Å². The van der Waals surface area contributed by atoms with E-state index in [1.165, 1.54) is 0 Å². The van der Waals surface area contributed by atoms with Gasteiger partial charge >= 0.3 is 0 Å². The highest BCUT2D eigenvalue weighted by atomic mass is 16.1. The Morgan fingerprint density at radius 3 is 2.53 bits per heavy atom. The van der Waals surface area contributed by atoms with E-state index in [0.717, 1.165) is 59.3 Å². The van der Waals surface area contributed by atoms with Crippen molar-refractivity contribution in [1.82, 2.24) is 19.8 Å². The zero-order chi connectivity index (χ0) is 21.3. The molecule has 0 saturated carbocycles. The largest absolute Gasteiger partial charge is 0.355 e. The van der Waals surface area contributed by atoms with Crippen LogP contribution < -0.4 is 20.8 Å². The number of hydrogen-bond acceptors (Lipinski definition) is 4. The normalized spacial score (nSPS) is 17.3. The third kappa shape index (κ3) is 3.92. The molecule has 0 atom stereocenters. The maximum Gasteiger partial charge on any atom is 0.247 e. The summed E-state index contributed by atoms with van der Waals surface area (Å²) in [6, 6.07) is 6.64. The molecule has 2 aliphatic rings. The number of piperazine rings is 1. The van der Waals surface area contributed by atoms with Crippen molar-refractivity contribution in [2.75, 3.05) is 45.2 Å². The Hall–Kier alpha value is -2.86. The summed E-state index contributed by atoms with van der Waals surface area (Å²) in [4.78, 5) is 22.0. The summed E-state index contributed by atoms with van der Waals surface area (Å²) in [5.41, 5.74) is 2.99. The highest BCUT2D eigenvalue weighted by Crippen LogP contribution is 2.22. The predicted octanol–water partition coefficient (Wildman–Crippen LogP) is 1.38. The number of rotatable bonds is 4. The molecule has 30 heavy (non-hydrogen) atoms. The Morgan fingerprint density at radius 1 is 1.13 bits per heavy atom. The smallest absolute Gasteiger partial charge is 0.247 e. The minimum Gasteiger partial charge on any atom is -0.355 e. The molecule has 0 unspecified atom stereocenters. The van der Waals surface area contributed by atoms with Crippen LogP contribution in [-0.4, -0.2) is 60.6 Å². The van der Waals surface area contributed by atoms with Gasteiger partial charge in [0.15, 0.2) is 0 Å². The lowest BCUT2D eigenvalue weighted by Gasteiger charge is -2.33. The van der Waals surface area contributed by atoms with Gasteiger partial charge in [-0.15, -0.1) is 0 Å². The number of pyridine rings is 1. The van der Waals surface area contributed by atoms with Crippen LogP contribution in [0.3, 0.4) is 0 Å². The molecule has 0 spiro atoms. The molecule has 1 amide bonds. The topological polar surface area (TPSA) is 53.4 Å². The predicted molar refractivity (Wildman–Crippen MR) is 123 cm³/mol. The van der Waals surface area contributed by atoms with Gasteiger partial charge in [-0.05, 0) is 62.7 Å². The molecule has 2 aromatic heterocycles. The van der Waals surface area contributed by atoms with Crippen molar-refractivity contribution in [3.05, 3.63) is 52.8 Å². The fourth-order valence-electron chi connectivity index (χ4n) is 4.19. The second-order valence-electron chi connectivity index (χ2n) is 8.38. The number of amides is 1. The van der Waals surface area contributed by atoms with Crippen LogP contribution in [0.4, 0.5) is 5.82 Å². The number of nitrogens with zero attached hydrogens (tertiary/aromatic N) is 4. The van der Waals surface area contributed by atoms with Crippen LogP contribution >= 0.6 is 0 Å². The van der Waals surface area contributed by atoms with Gasteiger partial charge in [0.25, 0.3) is 0 Å². The number of aromatic nitrogens is 2. The molecule has 1 fully saturated rings. The molecule has 6 nitrogen and oxygen atoms in total. The Kier molecular flexibility index (Phi) is 5.77. The number of fused-ring (bicyclic) bond motifs is 1. The minimum absolute atomic E-state index is 0.0211. The first-order valence-electron chi connectivity index (χ1n) is 10.7. The molecule has 1 saturated heterocycles. The highest BCUT2D eigenvalue weighted by Gasteiger charge is 2.17. The SMILES string of the molecule is CNC(=O)C1=c2ccn(C(C)C)c2=CC(c2ccc(N3CCN(C)CC3)nc2)=CC1. The van der Waals surface area contributed by atoms with Gasteiger partial charge in [0.1, 0.15) is 5.82 Å². The van der Waals surface area contributed by atoms with Crippen molar-refractivity contribution < 1.29 is 4.79 Å². The molecule has 3 heterocycles. The molecule has 1 aliphatic carbocycles. The first kappa shape index (κ1) is 20.4. The van der Waals surface area contributed by atoms with Gasteiger partial charge in [-0.25, -0.2) is 4.98 Å². The molecule has 1 N–H and O–H groups in total. The van der Waals surface area contributed by atoms with Crippen molar-refractivity contribution in [3.63, 3.8) is 0 Å². The average molecular weight is 406 g/mol. The van der Waals surface area contributed by atoms with Crippen molar-refractivity contribution in [1.29, 1.82) is 0 Å². The zero-order valence-electron chi connectivity index (χ0n) is 18.4. The lowest BCUT2D eigenvalue weighted by molar-refractivity contribution is -0.115. The van der Waals surface area contributed by atoms with Gasteiger partial charge in [-0.3, -0.25) is 4.79 Å². The maximum absolute atomic E-state index is 12.5. The van der Waals surface area contributed by atoms with E-state index in [1.54, 1.807) is 7.05 Å². The Labute approximate surface area is 178 Å². The Balaban J connectivity index is 1.70. The second-order valence-corrected chi connectivity index (χ2v) is 8.38. The van der Waals surface area contributed by atoms with Gasteiger partial charge in [0.05, 0.1) is 0 Å². The summed E-state index contributed by atoms with van der Waals surface area (Å²) in [5, 5.41) is 4.88. The van der Waals surface area contributed by atoms with Crippen molar-refractivity contribution in [2.45, 2.75) is 26.3 Å². The van der Waals surface area contributed by atoms with Crippen LogP contribution in [0.15, 0.2) is 36.7 Å². The van der Waals surface area contributed by atoms with Crippen LogP contribution in [0, 0.1) is 0 Å². The van der Waals surface area contributed by atoms with Crippen LogP contribution in [0.5, 0.6) is 0 Å². The van der Waals surface area contributed by atoms with E-state index in [1.807, 2.05) is 6.20 Å². The first-order valence-corrected chi connectivity index (χ1v) is 10.7. The fourth-order valence-corrected chi connectivity index (χ4v) is 4.19. The van der Waals surface area contributed by atoms with E-state index in [4.69, 9.17) is 4.98 Å². The van der Waals surface area contributed by atoms with Gasteiger partial charge in [-0.1, -0.05) is 6.08 Å². The number of hydrogen-bond donors (Lipinski definition) is 1. The first-order chi connectivity index (χ1) is 14.5. The quantitative estimate of drug-likeness (QED) is 0.835. The monoisotopic (exact) mass is 405 g/mol. The van der Waals surface area contributed by atoms with E-state index in [9.17, 15) is 4.79 Å². The van der Waals surface area contributed by atoms with Gasteiger partial charge in [-0.2, -0.15) is 0 Å². The number of carbonyl (C=O) groups is 1. The van der Waals surface area contributed by atoms with Crippen molar-refractivity contribution in [3.8, 4) is 0 Å². The standard InChI is InChI=1S/C24H31N5O/c1-17(2)29-10-9-20-21(24(30)25-3)7-5-18(15-22(20)29)19-6-8-23(26-16-19)28-13-11-27(4)12-14-28/h5-6,8-10,15-17H,7,11-14H2,1-4H3,(H,25,30). The summed E-state index contributed by atoms with van der Waals surface area (Å²) < 4.78 is 2.23. The van der Waals surface area contributed by atoms with Crippen molar-refractivity contribution in [2.24, 2.45) is 0 Å². The lowest BCUT2D eigenvalue weighted by Crippen LogP contribution is -2.44. The Morgan fingerprint density at radius 2 is 1.90 bits per heavy atom. The van der Waals surface area contributed by atoms with E-state index < -0.39 is 0 Å². The number of likely N-dealkylation sites (N-methyl/N-ethyl adjacent to an activating group) is 1. The summed E-state index contributed by atoms with van der Waals surface area (Å²) >= 11 is 0. The lowest BCUT2D eigenvalue weighted by atomic mass is 10.1. The third-order valence-electron chi connectivity index (χ3n) is 6.07. The second kappa shape index (κ2) is 8.48. The number of nitrogens with one attached hydrogen (secondary N) is 1. The number of allylic oxidation sites excluding steroid dienone is 2. The maximum atomic E-state index is 12.5. The molecule has 0 bridgehead atoms. The van der Waals surface area contributed by atoms with Crippen molar-refractivity contribution >= 4 is 28.9 Å². The summed E-state index contributed by atoms with van der Waals surface area (Å²) in [6.07, 6.45) is 8.97. The van der Waals surface area contributed by atoms with Gasteiger partial charge in [0, 0.05) is 67.8 Å². The molecular weight excluding hydrogens is 374 g/mol. The molecule has 158 valence electrons. The van der Waals surface area contributed by atoms with Crippen LogP contribution in [0.25, 0.3) is 17.2 Å². The molecule has 1 aliphatic heterocycles. The molecular formula is C24H31N5O. The van der Waals surface area contributed by atoms with Crippen LogP contribution in [0.2, 0.25) is 0 Å². The molecule has 0 radical (unpaired) electrons. The van der Waals surface area contributed by atoms with E-state index in [0.29, 0.717) is 12.5 Å².